The molecule has 0 bridgehead atoms. The molecule has 0 aliphatic carbocycles. The van der Waals surface area contributed by atoms with Crippen molar-refractivity contribution in [1.29, 1.82) is 0 Å². The maximum atomic E-state index is 11.4. The van der Waals surface area contributed by atoms with Gasteiger partial charge in [-0.1, -0.05) is 12.1 Å². The monoisotopic (exact) mass is 262 g/mol. The van der Waals surface area contributed by atoms with E-state index in [0.717, 1.165) is 0 Å². The first-order valence-electron chi connectivity index (χ1n) is 5.79. The number of nitrogens with one attached hydrogen (secondary N) is 1. The van der Waals surface area contributed by atoms with Gasteiger partial charge in [-0.05, 0) is 6.42 Å². The normalized spacial score (nSPS) is 36.1. The van der Waals surface area contributed by atoms with Crippen molar-refractivity contribution in [1.82, 2.24) is 5.32 Å². The average Bonchev–Trinajstić information content (AvgIpc) is 2.34. The zero-order valence-electron chi connectivity index (χ0n) is 10.0. The largest absolute Gasteiger partial charge is 0.394 e. The van der Waals surface area contributed by atoms with E-state index >= 15 is 0 Å². The first-order valence-corrected chi connectivity index (χ1v) is 5.79. The number of carbonyl (C=O) groups excluding carboxylic acids is 1. The van der Waals surface area contributed by atoms with Crippen molar-refractivity contribution in [3.8, 4) is 0 Å². The number of rotatable bonds is 5. The molecule has 0 saturated carbocycles. The van der Waals surface area contributed by atoms with Crippen molar-refractivity contribution in [2.24, 2.45) is 5.18 Å². The second-order valence-corrected chi connectivity index (χ2v) is 4.18. The zero-order chi connectivity index (χ0) is 13.7. The minimum atomic E-state index is -1.49. The Morgan fingerprint density at radius 1 is 1.44 bits per heavy atom. The number of ether oxygens (including phenoxy) is 1. The fourth-order valence-electron chi connectivity index (χ4n) is 1.87. The van der Waals surface area contributed by atoms with E-state index in [1.165, 1.54) is 0 Å². The Hall–Kier alpha value is -1.09. The van der Waals surface area contributed by atoms with E-state index in [1.54, 1.807) is 6.92 Å². The van der Waals surface area contributed by atoms with Crippen LogP contribution in [-0.4, -0.2) is 58.4 Å². The Kier molecular flexibility index (Phi) is 5.60. The van der Waals surface area contributed by atoms with Crippen LogP contribution in [0.2, 0.25) is 0 Å². The number of nitroso groups, excluding NO2 is 1. The Balaban J connectivity index is 2.75. The zero-order valence-corrected chi connectivity index (χ0v) is 10.0. The van der Waals surface area contributed by atoms with Gasteiger partial charge in [-0.15, -0.1) is 0 Å². The lowest BCUT2D eigenvalue weighted by Crippen LogP contribution is -2.63. The standard InChI is InChI=1S/C10H18N2O6/c1-2-3-6(14)11-8-7(12-17)9(15)5(4-13)18-10(8)16/h5,7-10,13,15-16H,2-4H2,1H3,(H,11,14)/t5-,7-,8-,9-,10-/m1/s1. The van der Waals surface area contributed by atoms with Crippen molar-refractivity contribution >= 4 is 5.91 Å². The van der Waals surface area contributed by atoms with E-state index in [1.807, 2.05) is 0 Å². The molecule has 0 aromatic heterocycles. The highest BCUT2D eigenvalue weighted by Crippen LogP contribution is 2.22. The summed E-state index contributed by atoms with van der Waals surface area (Å²) in [5.41, 5.74) is 0. The van der Waals surface area contributed by atoms with Crippen LogP contribution in [0, 0.1) is 4.91 Å². The van der Waals surface area contributed by atoms with Crippen LogP contribution in [0.4, 0.5) is 0 Å². The van der Waals surface area contributed by atoms with E-state index in [2.05, 4.69) is 10.5 Å². The lowest BCUT2D eigenvalue weighted by Gasteiger charge is -2.39. The van der Waals surface area contributed by atoms with Crippen LogP contribution in [-0.2, 0) is 9.53 Å². The smallest absolute Gasteiger partial charge is 0.220 e. The van der Waals surface area contributed by atoms with Gasteiger partial charge >= 0.3 is 0 Å². The fourth-order valence-corrected chi connectivity index (χ4v) is 1.87. The van der Waals surface area contributed by atoms with Crippen molar-refractivity contribution in [2.75, 3.05) is 6.61 Å². The summed E-state index contributed by atoms with van der Waals surface area (Å²) in [4.78, 5) is 22.1. The molecule has 1 rings (SSSR count). The van der Waals surface area contributed by atoms with Crippen molar-refractivity contribution in [3.63, 3.8) is 0 Å². The summed E-state index contributed by atoms with van der Waals surface area (Å²) in [5.74, 6) is -0.367. The average molecular weight is 262 g/mol. The third kappa shape index (κ3) is 3.22. The molecule has 0 aromatic carbocycles. The number of carbonyl (C=O) groups is 1. The van der Waals surface area contributed by atoms with Crippen molar-refractivity contribution < 1.29 is 24.9 Å². The molecule has 0 aromatic rings. The third-order valence-electron chi connectivity index (χ3n) is 2.83. The maximum absolute atomic E-state index is 11.4. The predicted molar refractivity (Wildman–Crippen MR) is 60.4 cm³/mol. The summed E-state index contributed by atoms with van der Waals surface area (Å²) in [6.07, 6.45) is -3.12. The molecule has 1 aliphatic heterocycles. The molecule has 8 heteroatoms. The van der Waals surface area contributed by atoms with Crippen molar-refractivity contribution in [2.45, 2.75) is 50.3 Å². The number of hydrogen-bond acceptors (Lipinski definition) is 7. The Morgan fingerprint density at radius 3 is 2.61 bits per heavy atom. The maximum Gasteiger partial charge on any atom is 0.220 e. The van der Waals surface area contributed by atoms with Crippen LogP contribution in [0.1, 0.15) is 19.8 Å². The van der Waals surface area contributed by atoms with Gasteiger partial charge in [0.2, 0.25) is 5.91 Å². The van der Waals surface area contributed by atoms with Crippen LogP contribution in [0.25, 0.3) is 0 Å². The van der Waals surface area contributed by atoms with Crippen LogP contribution >= 0.6 is 0 Å². The molecule has 1 saturated heterocycles. The first kappa shape index (κ1) is 15.0. The molecule has 4 N–H and O–H groups in total. The number of nitrogens with zero attached hydrogens (tertiary/aromatic N) is 1. The molecule has 1 amide bonds. The highest BCUT2D eigenvalue weighted by atomic mass is 16.6. The fraction of sp³-hybridized carbons (Fsp3) is 0.900. The van der Waals surface area contributed by atoms with Gasteiger partial charge in [0.25, 0.3) is 0 Å². The summed E-state index contributed by atoms with van der Waals surface area (Å²) in [5, 5.41) is 33.4. The predicted octanol–water partition coefficient (Wildman–Crippen LogP) is -1.52. The molecule has 1 aliphatic rings. The minimum absolute atomic E-state index is 0.230. The lowest BCUT2D eigenvalue weighted by atomic mass is 9.95. The molecule has 5 atom stereocenters. The van der Waals surface area contributed by atoms with E-state index in [9.17, 15) is 19.9 Å². The summed E-state index contributed by atoms with van der Waals surface area (Å²) in [6.45, 7) is 1.25. The molecule has 0 radical (unpaired) electrons. The van der Waals surface area contributed by atoms with Crippen LogP contribution in [0.15, 0.2) is 5.18 Å². The highest BCUT2D eigenvalue weighted by Gasteiger charge is 2.46. The van der Waals surface area contributed by atoms with Gasteiger partial charge in [-0.2, -0.15) is 4.91 Å². The molecule has 8 nitrogen and oxygen atoms in total. The van der Waals surface area contributed by atoms with Gasteiger partial charge in [0.1, 0.15) is 24.3 Å². The summed E-state index contributed by atoms with van der Waals surface area (Å²) in [6, 6.07) is -2.37. The topological polar surface area (TPSA) is 128 Å². The molecule has 104 valence electrons. The second-order valence-electron chi connectivity index (χ2n) is 4.18. The van der Waals surface area contributed by atoms with Gasteiger partial charge < -0.3 is 25.4 Å². The Bertz CT molecular complexity index is 300. The number of aliphatic hydroxyl groups is 3. The molecule has 1 heterocycles. The minimum Gasteiger partial charge on any atom is -0.394 e. The highest BCUT2D eigenvalue weighted by molar-refractivity contribution is 5.76. The van der Waals surface area contributed by atoms with Gasteiger partial charge in [-0.3, -0.25) is 4.79 Å². The van der Waals surface area contributed by atoms with Crippen LogP contribution in [0.5, 0.6) is 0 Å². The van der Waals surface area contributed by atoms with E-state index < -0.39 is 37.2 Å². The Morgan fingerprint density at radius 2 is 2.11 bits per heavy atom. The van der Waals surface area contributed by atoms with E-state index in [4.69, 9.17) is 9.84 Å². The molecular formula is C10H18N2O6. The van der Waals surface area contributed by atoms with Crippen LogP contribution in [0.3, 0.4) is 0 Å². The summed E-state index contributed by atoms with van der Waals surface area (Å²) < 4.78 is 4.91. The van der Waals surface area contributed by atoms with E-state index in [0.29, 0.717) is 6.42 Å². The SMILES string of the molecule is CCCC(=O)N[C@@H]1[C@@H](N=O)[C@H](O)[C@@H](CO)O[C@H]1O. The van der Waals surface area contributed by atoms with Gasteiger partial charge in [0, 0.05) is 6.42 Å². The van der Waals surface area contributed by atoms with Gasteiger partial charge in [-0.25, -0.2) is 0 Å². The molecule has 18 heavy (non-hydrogen) atoms. The van der Waals surface area contributed by atoms with Gasteiger partial charge in [0.05, 0.1) is 6.61 Å². The molecule has 0 spiro atoms. The molecular weight excluding hydrogens is 244 g/mol. The summed E-state index contributed by atoms with van der Waals surface area (Å²) in [7, 11) is 0. The summed E-state index contributed by atoms with van der Waals surface area (Å²) >= 11 is 0. The number of amides is 1. The Labute approximate surface area is 104 Å². The first-order chi connectivity index (χ1) is 8.54. The third-order valence-corrected chi connectivity index (χ3v) is 2.83. The number of aliphatic hydroxyl groups excluding tert-OH is 3. The number of hydrogen-bond donors (Lipinski definition) is 4. The van der Waals surface area contributed by atoms with Gasteiger partial charge in [0.15, 0.2) is 6.29 Å². The van der Waals surface area contributed by atoms with Crippen molar-refractivity contribution in [3.05, 3.63) is 4.91 Å². The van der Waals surface area contributed by atoms with E-state index in [-0.39, 0.29) is 12.3 Å². The molecule has 0 unspecified atom stereocenters. The lowest BCUT2D eigenvalue weighted by molar-refractivity contribution is -0.227. The second kappa shape index (κ2) is 6.74. The molecule has 1 fully saturated rings. The quantitative estimate of drug-likeness (QED) is 0.445. The van der Waals surface area contributed by atoms with Crippen LogP contribution < -0.4 is 5.32 Å².